The molecule has 0 unspecified atom stereocenters. The zero-order valence-electron chi connectivity index (χ0n) is 7.51. The fourth-order valence-corrected chi connectivity index (χ4v) is 2.09. The van der Waals surface area contributed by atoms with Crippen molar-refractivity contribution in [3.63, 3.8) is 0 Å². The first-order valence-corrected chi connectivity index (χ1v) is 5.56. The number of carbonyl (C=O) groups excluding carboxylic acids is 1. The van der Waals surface area contributed by atoms with Crippen LogP contribution in [-0.2, 0) is 4.74 Å². The highest BCUT2D eigenvalue weighted by Crippen LogP contribution is 2.28. The first-order valence-electron chi connectivity index (χ1n) is 3.98. The molecule has 0 saturated heterocycles. The summed E-state index contributed by atoms with van der Waals surface area (Å²) >= 11 is 6.53. The van der Waals surface area contributed by atoms with Gasteiger partial charge in [-0.3, -0.25) is 0 Å². The van der Waals surface area contributed by atoms with Gasteiger partial charge >= 0.3 is 5.97 Å². The third kappa shape index (κ3) is 2.48. The van der Waals surface area contributed by atoms with Gasteiger partial charge in [-0.05, 0) is 50.9 Å². The van der Waals surface area contributed by atoms with Gasteiger partial charge in [-0.2, -0.15) is 0 Å². The summed E-state index contributed by atoms with van der Waals surface area (Å²) < 4.78 is 6.28. The van der Waals surface area contributed by atoms with E-state index in [2.05, 4.69) is 31.9 Å². The Kier molecular flexibility index (Phi) is 3.95. The fraction of sp³-hybridized carbons (Fsp3) is 0.222. The van der Waals surface area contributed by atoms with Crippen molar-refractivity contribution in [1.82, 2.24) is 0 Å². The zero-order valence-corrected chi connectivity index (χ0v) is 10.7. The quantitative estimate of drug-likeness (QED) is 0.672. The van der Waals surface area contributed by atoms with Gasteiger partial charge in [0.05, 0.1) is 12.2 Å². The predicted octanol–water partition coefficient (Wildman–Crippen LogP) is 2.97. The van der Waals surface area contributed by atoms with Gasteiger partial charge in [-0.25, -0.2) is 4.79 Å². The van der Waals surface area contributed by atoms with E-state index in [1.165, 1.54) is 0 Å². The summed E-state index contributed by atoms with van der Waals surface area (Å²) in [7, 11) is 0. The Labute approximate surface area is 98.9 Å². The molecule has 2 N–H and O–H groups in total. The number of ether oxygens (including phenoxy) is 1. The Hall–Kier alpha value is -0.550. The second-order valence-corrected chi connectivity index (χ2v) is 4.28. The molecule has 1 rings (SSSR count). The third-order valence-corrected chi connectivity index (χ3v) is 2.92. The highest BCUT2D eigenvalue weighted by molar-refractivity contribution is 9.11. The number of anilines is 1. The molecule has 0 spiro atoms. The van der Waals surface area contributed by atoms with Gasteiger partial charge in [0.15, 0.2) is 0 Å². The van der Waals surface area contributed by atoms with Gasteiger partial charge in [-0.1, -0.05) is 0 Å². The van der Waals surface area contributed by atoms with E-state index in [0.717, 1.165) is 4.47 Å². The third-order valence-electron chi connectivity index (χ3n) is 1.58. The maximum atomic E-state index is 11.4. The summed E-state index contributed by atoms with van der Waals surface area (Å²) in [5.74, 6) is -0.376. The standard InChI is InChI=1S/C9H9Br2NO2/c1-2-14-9(13)5-3-8(12)7(11)4-6(5)10/h3-4H,2,12H2,1H3. The topological polar surface area (TPSA) is 52.3 Å². The van der Waals surface area contributed by atoms with Crippen LogP contribution >= 0.6 is 31.9 Å². The molecule has 0 amide bonds. The number of carbonyl (C=O) groups is 1. The molecule has 1 aromatic carbocycles. The van der Waals surface area contributed by atoms with Crippen LogP contribution in [0.1, 0.15) is 17.3 Å². The first kappa shape index (κ1) is 11.5. The van der Waals surface area contributed by atoms with E-state index >= 15 is 0 Å². The number of hydrogen-bond donors (Lipinski definition) is 1. The van der Waals surface area contributed by atoms with Gasteiger partial charge in [0.2, 0.25) is 0 Å². The molecule has 0 atom stereocenters. The number of nitrogens with two attached hydrogens (primary N) is 1. The highest BCUT2D eigenvalue weighted by atomic mass is 79.9. The van der Waals surface area contributed by atoms with E-state index in [1.807, 2.05) is 0 Å². The van der Waals surface area contributed by atoms with Crippen molar-refractivity contribution in [2.45, 2.75) is 6.92 Å². The Balaban J connectivity index is 3.09. The number of esters is 1. The average Bonchev–Trinajstić information content (AvgIpc) is 2.11. The second kappa shape index (κ2) is 4.79. The lowest BCUT2D eigenvalue weighted by Gasteiger charge is -2.06. The SMILES string of the molecule is CCOC(=O)c1cc(N)c(Br)cc1Br. The lowest BCUT2D eigenvalue weighted by Crippen LogP contribution is -2.06. The first-order chi connectivity index (χ1) is 6.56. The Bertz CT molecular complexity index is 366. The molecule has 0 heterocycles. The molecule has 76 valence electrons. The monoisotopic (exact) mass is 321 g/mol. The molecule has 0 aliphatic carbocycles. The largest absolute Gasteiger partial charge is 0.462 e. The van der Waals surface area contributed by atoms with Crippen molar-refractivity contribution in [3.8, 4) is 0 Å². The molecule has 5 heteroatoms. The van der Waals surface area contributed by atoms with Crippen LogP contribution in [0, 0.1) is 0 Å². The van der Waals surface area contributed by atoms with Gasteiger partial charge in [0.25, 0.3) is 0 Å². The molecule has 14 heavy (non-hydrogen) atoms. The molecular weight excluding hydrogens is 314 g/mol. The zero-order chi connectivity index (χ0) is 10.7. The predicted molar refractivity (Wildman–Crippen MR) is 62.2 cm³/mol. The number of nitrogen functional groups attached to an aromatic ring is 1. The molecule has 0 aromatic heterocycles. The minimum absolute atomic E-state index is 0.348. The van der Waals surface area contributed by atoms with E-state index in [1.54, 1.807) is 19.1 Å². The van der Waals surface area contributed by atoms with Crippen LogP contribution in [0.3, 0.4) is 0 Å². The van der Waals surface area contributed by atoms with Crippen LogP contribution in [0.15, 0.2) is 21.1 Å². The Morgan fingerprint density at radius 2 is 2.07 bits per heavy atom. The van der Waals surface area contributed by atoms with Crippen molar-refractivity contribution in [2.24, 2.45) is 0 Å². The van der Waals surface area contributed by atoms with Gasteiger partial charge in [0.1, 0.15) is 0 Å². The van der Waals surface area contributed by atoms with Gasteiger partial charge in [0, 0.05) is 14.6 Å². The van der Waals surface area contributed by atoms with E-state index < -0.39 is 0 Å². The van der Waals surface area contributed by atoms with E-state index in [9.17, 15) is 4.79 Å². The summed E-state index contributed by atoms with van der Waals surface area (Å²) in [5, 5.41) is 0. The molecule has 1 aromatic rings. The van der Waals surface area contributed by atoms with Crippen LogP contribution in [0.5, 0.6) is 0 Å². The summed E-state index contributed by atoms with van der Waals surface area (Å²) in [4.78, 5) is 11.4. The second-order valence-electron chi connectivity index (χ2n) is 2.57. The number of rotatable bonds is 2. The van der Waals surface area contributed by atoms with Crippen molar-refractivity contribution >= 4 is 43.5 Å². The van der Waals surface area contributed by atoms with Crippen molar-refractivity contribution in [1.29, 1.82) is 0 Å². The van der Waals surface area contributed by atoms with Crippen LogP contribution < -0.4 is 5.73 Å². The lowest BCUT2D eigenvalue weighted by molar-refractivity contribution is 0.0525. The smallest absolute Gasteiger partial charge is 0.339 e. The highest BCUT2D eigenvalue weighted by Gasteiger charge is 2.12. The maximum Gasteiger partial charge on any atom is 0.339 e. The van der Waals surface area contributed by atoms with Crippen LogP contribution in [0.2, 0.25) is 0 Å². The molecule has 0 fully saturated rings. The lowest BCUT2D eigenvalue weighted by atomic mass is 10.2. The average molecular weight is 323 g/mol. The fourth-order valence-electron chi connectivity index (χ4n) is 0.931. The summed E-state index contributed by atoms with van der Waals surface area (Å²) in [6, 6.07) is 3.30. The molecule has 0 aliphatic rings. The number of hydrogen-bond acceptors (Lipinski definition) is 3. The maximum absolute atomic E-state index is 11.4. The van der Waals surface area contributed by atoms with Crippen LogP contribution in [0.25, 0.3) is 0 Å². The number of benzene rings is 1. The van der Waals surface area contributed by atoms with Gasteiger partial charge < -0.3 is 10.5 Å². The minimum atomic E-state index is -0.376. The minimum Gasteiger partial charge on any atom is -0.462 e. The molecule has 0 saturated carbocycles. The van der Waals surface area contributed by atoms with Gasteiger partial charge in [-0.15, -0.1) is 0 Å². The number of halogens is 2. The summed E-state index contributed by atoms with van der Waals surface area (Å²) in [5.41, 5.74) is 6.60. The van der Waals surface area contributed by atoms with Crippen molar-refractivity contribution < 1.29 is 9.53 Å². The van der Waals surface area contributed by atoms with Crippen LogP contribution in [0.4, 0.5) is 5.69 Å². The molecule has 0 aliphatic heterocycles. The van der Waals surface area contributed by atoms with Crippen molar-refractivity contribution in [2.75, 3.05) is 12.3 Å². The van der Waals surface area contributed by atoms with E-state index in [-0.39, 0.29) is 5.97 Å². The summed E-state index contributed by atoms with van der Waals surface area (Å²) in [6.45, 7) is 2.11. The Morgan fingerprint density at radius 3 is 2.64 bits per heavy atom. The Morgan fingerprint density at radius 1 is 1.43 bits per heavy atom. The van der Waals surface area contributed by atoms with E-state index in [0.29, 0.717) is 22.3 Å². The molecule has 0 bridgehead atoms. The molecule has 3 nitrogen and oxygen atoms in total. The molecular formula is C9H9Br2NO2. The molecule has 0 radical (unpaired) electrons. The van der Waals surface area contributed by atoms with E-state index in [4.69, 9.17) is 10.5 Å². The van der Waals surface area contributed by atoms with Crippen molar-refractivity contribution in [3.05, 3.63) is 26.6 Å². The van der Waals surface area contributed by atoms with Crippen LogP contribution in [-0.4, -0.2) is 12.6 Å². The summed E-state index contributed by atoms with van der Waals surface area (Å²) in [6.07, 6.45) is 0. The normalized spacial score (nSPS) is 9.93.